The molecule has 1 aromatic carbocycles. The fraction of sp³-hybridized carbons (Fsp3) is 0.222. The molecule has 3 N–H and O–H groups in total. The Balaban J connectivity index is 3.12. The van der Waals surface area contributed by atoms with Crippen molar-refractivity contribution in [1.82, 2.24) is 0 Å². The van der Waals surface area contributed by atoms with Gasteiger partial charge in [-0.05, 0) is 24.6 Å². The molecular weight excluding hydrogens is 298 g/mol. The lowest BCUT2D eigenvalue weighted by Crippen LogP contribution is -2.23. The largest absolute Gasteiger partial charge is 0.478 e. The first-order valence-electron chi connectivity index (χ1n) is 4.80. The van der Waals surface area contributed by atoms with E-state index >= 15 is 0 Å². The molecule has 0 unspecified atom stereocenters. The smallest absolute Gasteiger partial charge is 0.335 e. The molecule has 1 rings (SSSR count). The predicted octanol–water partition coefficient (Wildman–Crippen LogP) is 0.280. The highest BCUT2D eigenvalue weighted by Gasteiger charge is 2.21. The summed E-state index contributed by atoms with van der Waals surface area (Å²) in [6.45, 7) is 1.51. The maximum Gasteiger partial charge on any atom is 0.335 e. The Morgan fingerprint density at radius 1 is 1.26 bits per heavy atom. The minimum Gasteiger partial charge on any atom is -0.478 e. The summed E-state index contributed by atoms with van der Waals surface area (Å²) >= 11 is 0. The second-order valence-electron chi connectivity index (χ2n) is 3.75. The Labute approximate surface area is 109 Å². The van der Waals surface area contributed by atoms with Crippen LogP contribution in [0.4, 0.5) is 5.69 Å². The highest BCUT2D eigenvalue weighted by Crippen LogP contribution is 2.18. The van der Waals surface area contributed by atoms with E-state index in [4.69, 9.17) is 9.66 Å². The number of sulfonamides is 1. The van der Waals surface area contributed by atoms with Gasteiger partial charge >= 0.3 is 5.97 Å². The fourth-order valence-electron chi connectivity index (χ4n) is 1.26. The van der Waals surface area contributed by atoms with Crippen molar-refractivity contribution < 1.29 is 31.3 Å². The number of hydrogen-bond acceptors (Lipinski definition) is 5. The van der Waals surface area contributed by atoms with E-state index in [1.807, 2.05) is 4.72 Å². The normalized spacial score (nSPS) is 12.1. The predicted molar refractivity (Wildman–Crippen MR) is 67.1 cm³/mol. The van der Waals surface area contributed by atoms with Gasteiger partial charge in [0.05, 0.1) is 11.3 Å². The van der Waals surface area contributed by atoms with Crippen LogP contribution in [0.25, 0.3) is 0 Å². The van der Waals surface area contributed by atoms with E-state index in [9.17, 15) is 21.6 Å². The number of aromatic carboxylic acids is 1. The van der Waals surface area contributed by atoms with Crippen molar-refractivity contribution in [1.29, 1.82) is 0 Å². The molecule has 0 aliphatic rings. The highest BCUT2D eigenvalue weighted by molar-refractivity contribution is 8.06. The van der Waals surface area contributed by atoms with Crippen molar-refractivity contribution in [3.05, 3.63) is 29.3 Å². The lowest BCUT2D eigenvalue weighted by molar-refractivity contribution is 0.0697. The lowest BCUT2D eigenvalue weighted by Gasteiger charge is -2.10. The number of benzene rings is 1. The number of carboxylic acids is 1. The zero-order valence-corrected chi connectivity index (χ0v) is 11.3. The molecule has 0 aliphatic heterocycles. The summed E-state index contributed by atoms with van der Waals surface area (Å²) in [5.74, 6) is -1.25. The van der Waals surface area contributed by atoms with E-state index in [1.165, 1.54) is 19.1 Å². The molecular formula is C9H11NO7S2. The lowest BCUT2D eigenvalue weighted by atomic mass is 10.1. The minimum absolute atomic E-state index is 0.0662. The van der Waals surface area contributed by atoms with Gasteiger partial charge in [-0.15, -0.1) is 0 Å². The third-order valence-electron chi connectivity index (χ3n) is 2.05. The van der Waals surface area contributed by atoms with Gasteiger partial charge in [0, 0.05) is 0 Å². The van der Waals surface area contributed by atoms with E-state index in [-0.39, 0.29) is 11.3 Å². The summed E-state index contributed by atoms with van der Waals surface area (Å²) in [7, 11) is -9.05. The zero-order chi connectivity index (χ0) is 14.8. The number of rotatable bonds is 5. The van der Waals surface area contributed by atoms with Crippen molar-refractivity contribution in [2.75, 3.05) is 9.81 Å². The zero-order valence-electron chi connectivity index (χ0n) is 9.69. The average molecular weight is 309 g/mol. The Morgan fingerprint density at radius 2 is 1.84 bits per heavy atom. The Morgan fingerprint density at radius 3 is 2.32 bits per heavy atom. The molecule has 0 amide bonds. The van der Waals surface area contributed by atoms with Crippen molar-refractivity contribution in [2.24, 2.45) is 0 Å². The molecule has 0 saturated carbocycles. The second kappa shape index (κ2) is 5.15. The Kier molecular flexibility index (Phi) is 4.18. The average Bonchev–Trinajstić information content (AvgIpc) is 2.16. The van der Waals surface area contributed by atoms with Gasteiger partial charge < -0.3 is 5.11 Å². The van der Waals surface area contributed by atoms with Gasteiger partial charge in [-0.2, -0.15) is 8.42 Å². The molecule has 10 heteroatoms. The Bertz CT molecular complexity index is 706. The number of hydrogen-bond donors (Lipinski definition) is 3. The van der Waals surface area contributed by atoms with Crippen LogP contribution in [0.3, 0.4) is 0 Å². The molecule has 0 atom stereocenters. The summed E-state index contributed by atoms with van der Waals surface area (Å²) in [5.41, 5.74) is 0.183. The van der Waals surface area contributed by atoms with Gasteiger partial charge in [0.1, 0.15) is 0 Å². The van der Waals surface area contributed by atoms with Crippen molar-refractivity contribution >= 4 is 31.8 Å². The molecule has 19 heavy (non-hydrogen) atoms. The second-order valence-corrected chi connectivity index (χ2v) is 7.29. The van der Waals surface area contributed by atoms with Crippen LogP contribution in [0.2, 0.25) is 0 Å². The van der Waals surface area contributed by atoms with E-state index in [0.717, 1.165) is 6.07 Å². The standard InChI is InChI=1S/C9H11NO7S2/c1-6-2-3-7(9(11)12)4-8(6)10-18(13,14)5-19(15,16)17/h2-4,10H,5H2,1H3,(H,11,12)(H,15,16,17). The van der Waals surface area contributed by atoms with Crippen LogP contribution in [0.15, 0.2) is 18.2 Å². The first kappa shape index (κ1) is 15.4. The monoisotopic (exact) mass is 309 g/mol. The number of anilines is 1. The molecule has 0 aliphatic carbocycles. The molecule has 0 heterocycles. The van der Waals surface area contributed by atoms with Crippen molar-refractivity contribution in [3.8, 4) is 0 Å². The van der Waals surface area contributed by atoms with Crippen LogP contribution in [0.1, 0.15) is 15.9 Å². The third-order valence-corrected chi connectivity index (χ3v) is 5.02. The van der Waals surface area contributed by atoms with E-state index in [0.29, 0.717) is 5.56 Å². The van der Waals surface area contributed by atoms with Crippen molar-refractivity contribution in [3.63, 3.8) is 0 Å². The highest BCUT2D eigenvalue weighted by atomic mass is 32.3. The van der Waals surface area contributed by atoms with Crippen LogP contribution >= 0.6 is 0 Å². The van der Waals surface area contributed by atoms with Crippen LogP contribution in [0, 0.1) is 6.92 Å². The molecule has 8 nitrogen and oxygen atoms in total. The van der Waals surface area contributed by atoms with Crippen molar-refractivity contribution in [2.45, 2.75) is 6.92 Å². The number of nitrogens with one attached hydrogen (secondary N) is 1. The molecule has 0 aromatic heterocycles. The number of carbonyl (C=O) groups is 1. The van der Waals surface area contributed by atoms with Gasteiger partial charge in [0.2, 0.25) is 10.0 Å². The maximum atomic E-state index is 11.5. The van der Waals surface area contributed by atoms with Crippen LogP contribution in [-0.4, -0.2) is 37.5 Å². The number of aryl methyl sites for hydroxylation is 1. The molecule has 1 aromatic rings. The van der Waals surface area contributed by atoms with Gasteiger partial charge in [-0.25, -0.2) is 13.2 Å². The van der Waals surface area contributed by atoms with Gasteiger partial charge in [0.15, 0.2) is 5.08 Å². The SMILES string of the molecule is Cc1ccc(C(=O)O)cc1NS(=O)(=O)CS(=O)(=O)O. The van der Waals surface area contributed by atoms with Crippen LogP contribution in [0.5, 0.6) is 0 Å². The fourth-order valence-corrected chi connectivity index (χ4v) is 3.62. The molecule has 0 radical (unpaired) electrons. The third kappa shape index (κ3) is 4.85. The summed E-state index contributed by atoms with van der Waals surface area (Å²) < 4.78 is 54.4. The van der Waals surface area contributed by atoms with Gasteiger partial charge in [0.25, 0.3) is 10.1 Å². The molecule has 106 valence electrons. The summed E-state index contributed by atoms with van der Waals surface area (Å²) in [6, 6.07) is 3.70. The number of carboxylic acid groups (broad SMARTS) is 1. The topological polar surface area (TPSA) is 138 Å². The Hall–Kier alpha value is -1.65. The van der Waals surface area contributed by atoms with Crippen LogP contribution in [-0.2, 0) is 20.1 Å². The molecule has 0 bridgehead atoms. The first-order chi connectivity index (χ1) is 8.50. The minimum atomic E-state index is -4.71. The van der Waals surface area contributed by atoms with E-state index in [2.05, 4.69) is 0 Å². The quantitative estimate of drug-likeness (QED) is 0.664. The molecule has 0 fully saturated rings. The molecule has 0 spiro atoms. The summed E-state index contributed by atoms with van der Waals surface area (Å²) in [4.78, 5) is 10.7. The maximum absolute atomic E-state index is 11.5. The van der Waals surface area contributed by atoms with E-state index in [1.54, 1.807) is 0 Å². The van der Waals surface area contributed by atoms with Gasteiger partial charge in [-0.3, -0.25) is 9.27 Å². The summed E-state index contributed by atoms with van der Waals surface area (Å²) in [5, 5.41) is 7.27. The first-order valence-corrected chi connectivity index (χ1v) is 8.06. The van der Waals surface area contributed by atoms with Crippen LogP contribution < -0.4 is 4.72 Å². The summed E-state index contributed by atoms with van der Waals surface area (Å²) in [6.07, 6.45) is 0. The molecule has 0 saturated heterocycles. The van der Waals surface area contributed by atoms with Gasteiger partial charge in [-0.1, -0.05) is 6.07 Å². The van der Waals surface area contributed by atoms with E-state index < -0.39 is 31.2 Å².